The van der Waals surface area contributed by atoms with Gasteiger partial charge in [-0.1, -0.05) is 57.2 Å². The summed E-state index contributed by atoms with van der Waals surface area (Å²) in [6.07, 6.45) is 1.89. The maximum atomic E-state index is 13.9. The molecule has 0 atom stereocenters. The molecule has 0 bridgehead atoms. The van der Waals surface area contributed by atoms with E-state index in [-0.39, 0.29) is 17.7 Å². The van der Waals surface area contributed by atoms with Crippen LogP contribution in [0.25, 0.3) is 17.2 Å². The smallest absolute Gasteiger partial charge is 0.307 e. The monoisotopic (exact) mass is 456 g/mol. The van der Waals surface area contributed by atoms with Crippen molar-refractivity contribution in [2.75, 3.05) is 0 Å². The predicted octanol–water partition coefficient (Wildman–Crippen LogP) is 7.50. The number of carboxylic acid groups (broad SMARTS) is 1. The fraction of sp³-hybridized carbons (Fsp3) is 0.233. The number of hydrogen-bond acceptors (Lipinski definition) is 2. The van der Waals surface area contributed by atoms with Crippen LogP contribution in [-0.4, -0.2) is 11.1 Å². The summed E-state index contributed by atoms with van der Waals surface area (Å²) in [5.41, 5.74) is 7.32. The SMILES string of the molecule is CC1=C(CC(=O)O)c2cc(F)ccc2/C1=C\c1cccc(COc2ccc(C(C)(C)C)cc2)c1. The van der Waals surface area contributed by atoms with Gasteiger partial charge in [0, 0.05) is 0 Å². The molecule has 4 rings (SSSR count). The van der Waals surface area contributed by atoms with Crippen molar-refractivity contribution in [2.45, 2.75) is 46.1 Å². The fourth-order valence-electron chi connectivity index (χ4n) is 4.29. The second-order valence-corrected chi connectivity index (χ2v) is 9.73. The Labute approximate surface area is 200 Å². The number of aliphatic carboxylic acids is 1. The fourth-order valence-corrected chi connectivity index (χ4v) is 4.29. The van der Waals surface area contributed by atoms with Crippen LogP contribution in [0.1, 0.15) is 61.9 Å². The van der Waals surface area contributed by atoms with Crippen molar-refractivity contribution in [3.8, 4) is 5.75 Å². The Kier molecular flexibility index (Phi) is 6.43. The van der Waals surface area contributed by atoms with Gasteiger partial charge in [-0.3, -0.25) is 4.79 Å². The molecule has 4 heteroatoms. The molecule has 1 aliphatic carbocycles. The van der Waals surface area contributed by atoms with Gasteiger partial charge < -0.3 is 9.84 Å². The van der Waals surface area contributed by atoms with E-state index in [4.69, 9.17) is 4.74 Å². The van der Waals surface area contributed by atoms with Crippen LogP contribution in [0.4, 0.5) is 4.39 Å². The Morgan fingerprint density at radius 3 is 2.41 bits per heavy atom. The number of carboxylic acids is 1. The van der Waals surface area contributed by atoms with Crippen molar-refractivity contribution in [3.05, 3.63) is 106 Å². The number of allylic oxidation sites excluding steroid dienone is 2. The molecule has 34 heavy (non-hydrogen) atoms. The summed E-state index contributed by atoms with van der Waals surface area (Å²) < 4.78 is 19.9. The summed E-state index contributed by atoms with van der Waals surface area (Å²) in [7, 11) is 0. The normalized spacial score (nSPS) is 14.4. The Balaban J connectivity index is 1.57. The molecule has 0 radical (unpaired) electrons. The van der Waals surface area contributed by atoms with Crippen molar-refractivity contribution in [2.24, 2.45) is 0 Å². The molecular formula is C30H29FO3. The van der Waals surface area contributed by atoms with E-state index in [1.165, 1.54) is 17.7 Å². The Morgan fingerprint density at radius 2 is 1.74 bits per heavy atom. The van der Waals surface area contributed by atoms with E-state index in [0.29, 0.717) is 17.7 Å². The van der Waals surface area contributed by atoms with E-state index in [2.05, 4.69) is 39.0 Å². The standard InChI is InChI=1S/C30H29FO3/c1-19-26(25-13-10-23(31)16-28(25)27(19)17-29(32)33)15-20-6-5-7-21(14-20)18-34-24-11-8-22(9-12-24)30(2,3)4/h5-16H,17-18H2,1-4H3,(H,32,33)/b26-15-. The summed E-state index contributed by atoms with van der Waals surface area (Å²) in [5, 5.41) is 9.35. The minimum Gasteiger partial charge on any atom is -0.489 e. The third-order valence-corrected chi connectivity index (χ3v) is 6.17. The molecule has 0 spiro atoms. The number of fused-ring (bicyclic) bond motifs is 1. The molecule has 0 unspecified atom stereocenters. The molecule has 3 aromatic carbocycles. The van der Waals surface area contributed by atoms with Gasteiger partial charge in [0.1, 0.15) is 18.2 Å². The van der Waals surface area contributed by atoms with Gasteiger partial charge in [-0.25, -0.2) is 4.39 Å². The number of benzene rings is 3. The molecule has 174 valence electrons. The highest BCUT2D eigenvalue weighted by Crippen LogP contribution is 2.43. The second-order valence-electron chi connectivity index (χ2n) is 9.73. The van der Waals surface area contributed by atoms with E-state index in [1.54, 1.807) is 6.07 Å². The van der Waals surface area contributed by atoms with Crippen LogP contribution in [-0.2, 0) is 16.8 Å². The summed E-state index contributed by atoms with van der Waals surface area (Å²) >= 11 is 0. The van der Waals surface area contributed by atoms with Crippen LogP contribution in [0.3, 0.4) is 0 Å². The van der Waals surface area contributed by atoms with E-state index >= 15 is 0 Å². The zero-order chi connectivity index (χ0) is 24.5. The number of halogens is 1. The molecule has 1 N–H and O–H groups in total. The summed E-state index contributed by atoms with van der Waals surface area (Å²) in [6.45, 7) is 8.89. The largest absolute Gasteiger partial charge is 0.489 e. The van der Waals surface area contributed by atoms with Crippen molar-refractivity contribution >= 4 is 23.2 Å². The lowest BCUT2D eigenvalue weighted by Gasteiger charge is -2.19. The Hall–Kier alpha value is -3.66. The molecule has 3 nitrogen and oxygen atoms in total. The van der Waals surface area contributed by atoms with Crippen LogP contribution >= 0.6 is 0 Å². The van der Waals surface area contributed by atoms with Gasteiger partial charge in [-0.05, 0) is 93.3 Å². The molecule has 0 saturated carbocycles. The molecule has 0 heterocycles. The van der Waals surface area contributed by atoms with Gasteiger partial charge in [-0.15, -0.1) is 0 Å². The van der Waals surface area contributed by atoms with Crippen LogP contribution in [0.15, 0.2) is 72.3 Å². The molecule has 1 aliphatic rings. The van der Waals surface area contributed by atoms with Gasteiger partial charge in [0.2, 0.25) is 0 Å². The highest BCUT2D eigenvalue weighted by atomic mass is 19.1. The Morgan fingerprint density at radius 1 is 1.00 bits per heavy atom. The molecule has 3 aromatic rings. The Bertz CT molecular complexity index is 1290. The zero-order valence-corrected chi connectivity index (χ0v) is 20.0. The predicted molar refractivity (Wildman–Crippen MR) is 135 cm³/mol. The van der Waals surface area contributed by atoms with Crippen LogP contribution in [0.5, 0.6) is 5.75 Å². The first-order chi connectivity index (χ1) is 16.1. The molecule has 0 fully saturated rings. The number of rotatable bonds is 6. The third kappa shape index (κ3) is 5.12. The van der Waals surface area contributed by atoms with Gasteiger partial charge >= 0.3 is 5.97 Å². The van der Waals surface area contributed by atoms with E-state index in [1.807, 2.05) is 43.3 Å². The lowest BCUT2D eigenvalue weighted by molar-refractivity contribution is -0.135. The van der Waals surface area contributed by atoms with E-state index in [9.17, 15) is 14.3 Å². The highest BCUT2D eigenvalue weighted by Gasteiger charge is 2.25. The summed E-state index contributed by atoms with van der Waals surface area (Å²) in [5.74, 6) is -0.480. The van der Waals surface area contributed by atoms with Gasteiger partial charge in [-0.2, -0.15) is 0 Å². The lowest BCUT2D eigenvalue weighted by atomic mass is 9.87. The maximum Gasteiger partial charge on any atom is 0.307 e. The third-order valence-electron chi connectivity index (χ3n) is 6.17. The maximum absolute atomic E-state index is 13.9. The minimum atomic E-state index is -0.930. The number of hydrogen-bond donors (Lipinski definition) is 1. The summed E-state index contributed by atoms with van der Waals surface area (Å²) in [4.78, 5) is 11.4. The molecule has 0 aromatic heterocycles. The molecule has 0 amide bonds. The summed E-state index contributed by atoms with van der Waals surface area (Å²) in [6, 6.07) is 20.8. The number of carbonyl (C=O) groups is 1. The zero-order valence-electron chi connectivity index (χ0n) is 20.0. The van der Waals surface area contributed by atoms with Gasteiger partial charge in [0.15, 0.2) is 0 Å². The molecular weight excluding hydrogens is 427 g/mol. The first kappa shape index (κ1) is 23.5. The average Bonchev–Trinajstić information content (AvgIpc) is 3.02. The first-order valence-corrected chi connectivity index (χ1v) is 11.4. The molecule has 0 aliphatic heterocycles. The highest BCUT2D eigenvalue weighted by molar-refractivity contribution is 6.07. The quantitative estimate of drug-likeness (QED) is 0.418. The van der Waals surface area contributed by atoms with Crippen LogP contribution < -0.4 is 4.74 Å². The minimum absolute atomic E-state index is 0.0991. The first-order valence-electron chi connectivity index (χ1n) is 11.4. The second kappa shape index (κ2) is 9.30. The number of ether oxygens (including phenoxy) is 1. The van der Waals surface area contributed by atoms with E-state index < -0.39 is 5.97 Å². The van der Waals surface area contributed by atoms with Crippen molar-refractivity contribution in [1.82, 2.24) is 0 Å². The topological polar surface area (TPSA) is 46.5 Å². The van der Waals surface area contributed by atoms with E-state index in [0.717, 1.165) is 33.6 Å². The molecule has 0 saturated heterocycles. The van der Waals surface area contributed by atoms with Crippen LogP contribution in [0, 0.1) is 5.82 Å². The van der Waals surface area contributed by atoms with Crippen molar-refractivity contribution in [3.63, 3.8) is 0 Å². The van der Waals surface area contributed by atoms with Crippen LogP contribution in [0.2, 0.25) is 0 Å². The van der Waals surface area contributed by atoms with Gasteiger partial charge in [0.25, 0.3) is 0 Å². The lowest BCUT2D eigenvalue weighted by Crippen LogP contribution is -2.10. The van der Waals surface area contributed by atoms with Gasteiger partial charge in [0.05, 0.1) is 6.42 Å². The van der Waals surface area contributed by atoms with Crippen molar-refractivity contribution in [1.29, 1.82) is 0 Å². The average molecular weight is 457 g/mol. The van der Waals surface area contributed by atoms with Crippen molar-refractivity contribution < 1.29 is 19.0 Å².